The van der Waals surface area contributed by atoms with Crippen LogP contribution in [0.5, 0.6) is 5.88 Å². The fourth-order valence-electron chi connectivity index (χ4n) is 2.52. The first kappa shape index (κ1) is 16.7. The number of nitrogens with one attached hydrogen (secondary N) is 2. The molecule has 1 aliphatic rings. The summed E-state index contributed by atoms with van der Waals surface area (Å²) < 4.78 is 5.29. The molecule has 7 heteroatoms. The van der Waals surface area contributed by atoms with Gasteiger partial charge in [-0.3, -0.25) is 0 Å². The average molecular weight is 323 g/mol. The van der Waals surface area contributed by atoms with Crippen molar-refractivity contribution in [3.63, 3.8) is 0 Å². The van der Waals surface area contributed by atoms with Crippen LogP contribution in [-0.2, 0) is 0 Å². The Labute approximate surface area is 137 Å². The summed E-state index contributed by atoms with van der Waals surface area (Å²) in [5, 5.41) is 6.68. The molecule has 0 unspecified atom stereocenters. The molecule has 0 amide bonds. The third kappa shape index (κ3) is 4.69. The van der Waals surface area contributed by atoms with Gasteiger partial charge in [0, 0.05) is 25.7 Å². The lowest BCUT2D eigenvalue weighted by atomic mass is 10.0. The zero-order valence-electron chi connectivity index (χ0n) is 13.6. The van der Waals surface area contributed by atoms with Crippen LogP contribution in [-0.4, -0.2) is 41.8 Å². The highest BCUT2D eigenvalue weighted by Crippen LogP contribution is 2.24. The third-order valence-corrected chi connectivity index (χ3v) is 3.89. The Morgan fingerprint density at radius 1 is 1.50 bits per heavy atom. The summed E-state index contributed by atoms with van der Waals surface area (Å²) in [5.74, 6) is 2.59. The number of ether oxygens (including phenoxy) is 1. The van der Waals surface area contributed by atoms with Crippen molar-refractivity contribution in [1.29, 1.82) is 0 Å². The third-order valence-electron chi connectivity index (χ3n) is 3.64. The van der Waals surface area contributed by atoms with Crippen LogP contribution in [0.2, 0.25) is 0 Å². The number of nitrogens with zero attached hydrogens (tertiary/aromatic N) is 3. The molecule has 0 radical (unpaired) electrons. The SMILES string of the molecule is CCCNC(=S)Nc1nc(OC)cc(N2CCC[C@H](C)C2)n1. The van der Waals surface area contributed by atoms with Crippen LogP contribution in [0.3, 0.4) is 0 Å². The molecule has 2 N–H and O–H groups in total. The van der Waals surface area contributed by atoms with E-state index in [1.807, 2.05) is 6.07 Å². The molecule has 22 heavy (non-hydrogen) atoms. The lowest BCUT2D eigenvalue weighted by Crippen LogP contribution is -2.35. The van der Waals surface area contributed by atoms with Crippen molar-refractivity contribution in [3.05, 3.63) is 6.07 Å². The lowest BCUT2D eigenvalue weighted by molar-refractivity contribution is 0.396. The standard InChI is InChI=1S/C15H25N5OS/c1-4-7-16-15(22)19-14-17-12(9-13(18-14)21-3)20-8-5-6-11(2)10-20/h9,11H,4-8,10H2,1-3H3,(H2,16,17,18,19,22)/t11-/m0/s1. The molecule has 1 atom stereocenters. The molecule has 1 saturated heterocycles. The van der Waals surface area contributed by atoms with Crippen molar-refractivity contribution in [1.82, 2.24) is 15.3 Å². The molecule has 0 saturated carbocycles. The topological polar surface area (TPSA) is 62.3 Å². The van der Waals surface area contributed by atoms with E-state index < -0.39 is 0 Å². The molecule has 2 heterocycles. The van der Waals surface area contributed by atoms with Crippen molar-refractivity contribution in [2.45, 2.75) is 33.1 Å². The van der Waals surface area contributed by atoms with E-state index in [2.05, 4.69) is 39.3 Å². The zero-order chi connectivity index (χ0) is 15.9. The zero-order valence-corrected chi connectivity index (χ0v) is 14.4. The van der Waals surface area contributed by atoms with E-state index >= 15 is 0 Å². The number of anilines is 2. The van der Waals surface area contributed by atoms with Gasteiger partial charge in [0.15, 0.2) is 5.11 Å². The first-order valence-corrected chi connectivity index (χ1v) is 8.26. The molecular formula is C15H25N5OS. The van der Waals surface area contributed by atoms with Gasteiger partial charge in [0.1, 0.15) is 5.82 Å². The maximum atomic E-state index is 5.29. The molecule has 2 rings (SSSR count). The summed E-state index contributed by atoms with van der Waals surface area (Å²) in [6, 6.07) is 1.88. The number of hydrogen-bond acceptors (Lipinski definition) is 5. The number of hydrogen-bond donors (Lipinski definition) is 2. The van der Waals surface area contributed by atoms with Gasteiger partial charge in [-0.05, 0) is 37.4 Å². The van der Waals surface area contributed by atoms with E-state index in [4.69, 9.17) is 17.0 Å². The molecule has 1 fully saturated rings. The summed E-state index contributed by atoms with van der Waals surface area (Å²) in [6.07, 6.45) is 3.47. The second kappa shape index (κ2) is 8.12. The average Bonchev–Trinajstić information content (AvgIpc) is 2.52. The number of thiocarbonyl (C=S) groups is 1. The largest absolute Gasteiger partial charge is 0.481 e. The highest BCUT2D eigenvalue weighted by Gasteiger charge is 2.19. The highest BCUT2D eigenvalue weighted by molar-refractivity contribution is 7.80. The molecule has 6 nitrogen and oxygen atoms in total. The van der Waals surface area contributed by atoms with E-state index in [0.717, 1.165) is 31.9 Å². The van der Waals surface area contributed by atoms with Gasteiger partial charge in [-0.1, -0.05) is 13.8 Å². The highest BCUT2D eigenvalue weighted by atomic mass is 32.1. The molecule has 1 aliphatic heterocycles. The maximum absolute atomic E-state index is 5.29. The van der Waals surface area contributed by atoms with Crippen LogP contribution in [0, 0.1) is 5.92 Å². The maximum Gasteiger partial charge on any atom is 0.234 e. The molecule has 1 aromatic heterocycles. The molecule has 0 bridgehead atoms. The van der Waals surface area contributed by atoms with E-state index in [1.54, 1.807) is 7.11 Å². The van der Waals surface area contributed by atoms with Gasteiger partial charge in [0.25, 0.3) is 0 Å². The van der Waals surface area contributed by atoms with Crippen LogP contribution in [0.1, 0.15) is 33.1 Å². The summed E-state index contributed by atoms with van der Waals surface area (Å²) in [7, 11) is 1.61. The monoisotopic (exact) mass is 323 g/mol. The number of aromatic nitrogens is 2. The number of piperidine rings is 1. The summed E-state index contributed by atoms with van der Waals surface area (Å²) in [5.41, 5.74) is 0. The minimum atomic E-state index is 0.473. The van der Waals surface area contributed by atoms with Gasteiger partial charge in [-0.15, -0.1) is 0 Å². The van der Waals surface area contributed by atoms with E-state index in [-0.39, 0.29) is 0 Å². The Morgan fingerprint density at radius 2 is 2.32 bits per heavy atom. The van der Waals surface area contributed by atoms with Gasteiger partial charge in [0.05, 0.1) is 7.11 Å². The van der Waals surface area contributed by atoms with E-state index in [1.165, 1.54) is 12.8 Å². The van der Waals surface area contributed by atoms with Crippen molar-refractivity contribution in [2.24, 2.45) is 5.92 Å². The van der Waals surface area contributed by atoms with Gasteiger partial charge >= 0.3 is 0 Å². The lowest BCUT2D eigenvalue weighted by Gasteiger charge is -2.32. The summed E-state index contributed by atoms with van der Waals surface area (Å²) in [4.78, 5) is 11.2. The first-order valence-electron chi connectivity index (χ1n) is 7.85. The van der Waals surface area contributed by atoms with Crippen LogP contribution in [0.4, 0.5) is 11.8 Å². The van der Waals surface area contributed by atoms with Crippen molar-refractivity contribution in [2.75, 3.05) is 37.0 Å². The van der Waals surface area contributed by atoms with Crippen molar-refractivity contribution >= 4 is 29.1 Å². The molecule has 0 aromatic carbocycles. The minimum absolute atomic E-state index is 0.473. The van der Waals surface area contributed by atoms with E-state index in [9.17, 15) is 0 Å². The molecule has 122 valence electrons. The van der Waals surface area contributed by atoms with Gasteiger partial charge in [0.2, 0.25) is 11.8 Å². The minimum Gasteiger partial charge on any atom is -0.481 e. The van der Waals surface area contributed by atoms with Crippen LogP contribution in [0.15, 0.2) is 6.07 Å². The second-order valence-electron chi connectivity index (χ2n) is 5.67. The van der Waals surface area contributed by atoms with Gasteiger partial charge in [-0.2, -0.15) is 9.97 Å². The Bertz CT molecular complexity index is 511. The first-order chi connectivity index (χ1) is 10.6. The predicted octanol–water partition coefficient (Wildman–Crippen LogP) is 2.42. The molecular weight excluding hydrogens is 298 g/mol. The number of rotatable bonds is 5. The Balaban J connectivity index is 2.13. The predicted molar refractivity (Wildman–Crippen MR) is 93.7 cm³/mol. The van der Waals surface area contributed by atoms with Crippen LogP contribution >= 0.6 is 12.2 Å². The fourth-order valence-corrected chi connectivity index (χ4v) is 2.71. The molecule has 1 aromatic rings. The normalized spacial score (nSPS) is 18.0. The summed E-state index contributed by atoms with van der Waals surface area (Å²) >= 11 is 5.24. The Hall–Kier alpha value is -1.63. The van der Waals surface area contributed by atoms with Gasteiger partial charge in [-0.25, -0.2) is 0 Å². The van der Waals surface area contributed by atoms with Crippen LogP contribution in [0.25, 0.3) is 0 Å². The summed E-state index contributed by atoms with van der Waals surface area (Å²) in [6.45, 7) is 7.22. The quantitative estimate of drug-likeness (QED) is 0.807. The Kier molecular flexibility index (Phi) is 6.18. The van der Waals surface area contributed by atoms with Crippen molar-refractivity contribution < 1.29 is 4.74 Å². The second-order valence-corrected chi connectivity index (χ2v) is 6.07. The Morgan fingerprint density at radius 3 is 3.00 bits per heavy atom. The van der Waals surface area contributed by atoms with E-state index in [0.29, 0.717) is 22.9 Å². The van der Waals surface area contributed by atoms with Gasteiger partial charge < -0.3 is 20.3 Å². The smallest absolute Gasteiger partial charge is 0.234 e. The van der Waals surface area contributed by atoms with Crippen LogP contribution < -0.4 is 20.3 Å². The molecule has 0 spiro atoms. The van der Waals surface area contributed by atoms with Crippen molar-refractivity contribution in [3.8, 4) is 5.88 Å². The molecule has 0 aliphatic carbocycles. The fraction of sp³-hybridized carbons (Fsp3) is 0.667. The number of methoxy groups -OCH3 is 1.